The number of nitrogens with one attached hydrogen (secondary N) is 1. The van der Waals surface area contributed by atoms with Gasteiger partial charge in [-0.05, 0) is 31.2 Å². The second kappa shape index (κ2) is 9.42. The molecule has 10 heteroatoms. The zero-order valence-electron chi connectivity index (χ0n) is 13.2. The molecule has 0 fully saturated rings. The van der Waals surface area contributed by atoms with E-state index in [9.17, 15) is 18.0 Å². The van der Waals surface area contributed by atoms with Gasteiger partial charge in [-0.15, -0.1) is 35.5 Å². The van der Waals surface area contributed by atoms with Crippen LogP contribution in [0.3, 0.4) is 0 Å². The summed E-state index contributed by atoms with van der Waals surface area (Å²) >= 11 is 1.97. The van der Waals surface area contributed by atoms with Crippen molar-refractivity contribution in [3.8, 4) is 0 Å². The van der Waals surface area contributed by atoms with Crippen molar-refractivity contribution in [3.05, 3.63) is 39.8 Å². The van der Waals surface area contributed by atoms with E-state index >= 15 is 0 Å². The van der Waals surface area contributed by atoms with Crippen LogP contribution in [0.5, 0.6) is 0 Å². The number of rotatable bonds is 6. The number of hydrogen-bond donors (Lipinski definition) is 2. The molecule has 1 aromatic carbocycles. The second-order valence-corrected chi connectivity index (χ2v) is 6.98. The number of thioether (sulfide) groups is 1. The van der Waals surface area contributed by atoms with Crippen molar-refractivity contribution in [2.24, 2.45) is 5.73 Å². The Morgan fingerprint density at radius 3 is 2.76 bits per heavy atom. The number of anilines is 1. The second-order valence-electron chi connectivity index (χ2n) is 5.02. The van der Waals surface area contributed by atoms with E-state index in [-0.39, 0.29) is 18.1 Å². The number of nitrogens with two attached hydrogens (primary N) is 1. The predicted molar refractivity (Wildman–Crippen MR) is 98.0 cm³/mol. The molecule has 1 amide bonds. The molecular formula is C15H17ClF3N3OS2. The normalized spacial score (nSPS) is 11.1. The van der Waals surface area contributed by atoms with Gasteiger partial charge in [0, 0.05) is 16.7 Å². The van der Waals surface area contributed by atoms with Crippen molar-refractivity contribution in [1.29, 1.82) is 0 Å². The maximum Gasteiger partial charge on any atom is 0.398 e. The first kappa shape index (κ1) is 21.8. The Labute approximate surface area is 157 Å². The van der Waals surface area contributed by atoms with Gasteiger partial charge in [0.25, 0.3) is 5.91 Å². The van der Waals surface area contributed by atoms with Crippen LogP contribution in [0, 0.1) is 6.92 Å². The predicted octanol–water partition coefficient (Wildman–Crippen LogP) is 4.28. The topological polar surface area (TPSA) is 68.0 Å². The Balaban J connectivity index is 0.00000312. The van der Waals surface area contributed by atoms with E-state index in [1.165, 1.54) is 11.3 Å². The fraction of sp³-hybridized carbons (Fsp3) is 0.333. The third-order valence-electron chi connectivity index (χ3n) is 2.92. The monoisotopic (exact) mass is 411 g/mol. The third kappa shape index (κ3) is 6.85. The average Bonchev–Trinajstić information content (AvgIpc) is 2.94. The van der Waals surface area contributed by atoms with Crippen LogP contribution in [0.25, 0.3) is 0 Å². The van der Waals surface area contributed by atoms with Crippen molar-refractivity contribution in [3.63, 3.8) is 0 Å². The minimum atomic E-state index is -4.27. The van der Waals surface area contributed by atoms with Gasteiger partial charge >= 0.3 is 6.18 Å². The number of thiazole rings is 1. The van der Waals surface area contributed by atoms with Crippen LogP contribution in [0.15, 0.2) is 28.5 Å². The summed E-state index contributed by atoms with van der Waals surface area (Å²) in [4.78, 5) is 16.8. The Morgan fingerprint density at radius 1 is 1.40 bits per heavy atom. The van der Waals surface area contributed by atoms with Gasteiger partial charge in [-0.3, -0.25) is 4.79 Å². The van der Waals surface area contributed by atoms with Crippen LogP contribution in [0.2, 0.25) is 0 Å². The summed E-state index contributed by atoms with van der Waals surface area (Å²) in [5, 5.41) is 5.00. The van der Waals surface area contributed by atoms with Gasteiger partial charge in [0.2, 0.25) is 0 Å². The van der Waals surface area contributed by atoms with Crippen molar-refractivity contribution < 1.29 is 18.0 Å². The van der Waals surface area contributed by atoms with E-state index in [1.54, 1.807) is 30.5 Å². The molecule has 0 bridgehead atoms. The standard InChI is InChI=1S/C15H16F3N3OS2.ClH/c1-9-2-3-12(24-8-15(16,17)18)10(6-9)21-14(22)11-7-23-13(20-11)4-5-19;/h2-3,6-7H,4-5,8,19H2,1H3,(H,21,22);1H. The average molecular weight is 412 g/mol. The van der Waals surface area contributed by atoms with Gasteiger partial charge in [-0.25, -0.2) is 4.98 Å². The summed E-state index contributed by atoms with van der Waals surface area (Å²) in [6, 6.07) is 4.92. The number of nitrogens with zero attached hydrogens (tertiary/aromatic N) is 1. The fourth-order valence-electron chi connectivity index (χ4n) is 1.87. The van der Waals surface area contributed by atoms with Crippen LogP contribution in [0.4, 0.5) is 18.9 Å². The highest BCUT2D eigenvalue weighted by atomic mass is 35.5. The number of amides is 1. The zero-order chi connectivity index (χ0) is 17.7. The molecule has 25 heavy (non-hydrogen) atoms. The van der Waals surface area contributed by atoms with Crippen molar-refractivity contribution in [2.75, 3.05) is 17.6 Å². The van der Waals surface area contributed by atoms with E-state index in [0.29, 0.717) is 35.3 Å². The van der Waals surface area contributed by atoms with E-state index in [0.717, 1.165) is 10.6 Å². The maximum absolute atomic E-state index is 12.4. The number of hydrogen-bond acceptors (Lipinski definition) is 5. The summed E-state index contributed by atoms with van der Waals surface area (Å²) in [6.45, 7) is 2.24. The highest BCUT2D eigenvalue weighted by molar-refractivity contribution is 7.99. The lowest BCUT2D eigenvalue weighted by Crippen LogP contribution is -2.14. The summed E-state index contributed by atoms with van der Waals surface area (Å²) in [5.74, 6) is -1.47. The first-order valence-corrected chi connectivity index (χ1v) is 8.91. The lowest BCUT2D eigenvalue weighted by atomic mass is 10.2. The number of halogens is 4. The third-order valence-corrected chi connectivity index (χ3v) is 4.96. The number of carbonyl (C=O) groups is 1. The van der Waals surface area contributed by atoms with Crippen LogP contribution < -0.4 is 11.1 Å². The Morgan fingerprint density at radius 2 is 2.12 bits per heavy atom. The van der Waals surface area contributed by atoms with Gasteiger partial charge in [-0.1, -0.05) is 6.07 Å². The minimum absolute atomic E-state index is 0. The van der Waals surface area contributed by atoms with Crippen LogP contribution >= 0.6 is 35.5 Å². The molecule has 0 aliphatic heterocycles. The first-order chi connectivity index (χ1) is 11.3. The fourth-order valence-corrected chi connectivity index (χ4v) is 3.41. The zero-order valence-corrected chi connectivity index (χ0v) is 15.7. The summed E-state index contributed by atoms with van der Waals surface area (Å²) in [7, 11) is 0. The van der Waals surface area contributed by atoms with Crippen molar-refractivity contribution in [2.45, 2.75) is 24.4 Å². The smallest absolute Gasteiger partial charge is 0.330 e. The molecule has 138 valence electrons. The van der Waals surface area contributed by atoms with Crippen molar-refractivity contribution in [1.82, 2.24) is 4.98 Å². The maximum atomic E-state index is 12.4. The molecule has 0 aliphatic rings. The van der Waals surface area contributed by atoms with Gasteiger partial charge < -0.3 is 11.1 Å². The Bertz CT molecular complexity index is 722. The highest BCUT2D eigenvalue weighted by Crippen LogP contribution is 2.33. The van der Waals surface area contributed by atoms with Gasteiger partial charge in [0.05, 0.1) is 16.4 Å². The number of alkyl halides is 3. The quantitative estimate of drug-likeness (QED) is 0.696. The summed E-state index contributed by atoms with van der Waals surface area (Å²) in [6.07, 6.45) is -3.70. The van der Waals surface area contributed by atoms with Crippen LogP contribution in [-0.4, -0.2) is 29.4 Å². The number of benzene rings is 1. The molecule has 1 heterocycles. The first-order valence-electron chi connectivity index (χ1n) is 7.04. The molecule has 0 unspecified atom stereocenters. The largest absolute Gasteiger partial charge is 0.398 e. The lowest BCUT2D eigenvalue weighted by molar-refractivity contribution is -0.105. The molecule has 0 saturated heterocycles. The molecule has 2 aromatic rings. The molecule has 0 atom stereocenters. The molecule has 1 aromatic heterocycles. The number of aryl methyl sites for hydroxylation is 1. The van der Waals surface area contributed by atoms with Gasteiger partial charge in [0.1, 0.15) is 5.69 Å². The van der Waals surface area contributed by atoms with Crippen molar-refractivity contribution >= 4 is 47.1 Å². The molecular weight excluding hydrogens is 395 g/mol. The van der Waals surface area contributed by atoms with Crippen LogP contribution in [0.1, 0.15) is 21.1 Å². The SMILES string of the molecule is Cc1ccc(SCC(F)(F)F)c(NC(=O)c2csc(CCN)n2)c1.Cl. The van der Waals surface area contributed by atoms with Gasteiger partial charge in [-0.2, -0.15) is 13.2 Å². The molecule has 0 saturated carbocycles. The summed E-state index contributed by atoms with van der Waals surface area (Å²) in [5.41, 5.74) is 6.87. The summed E-state index contributed by atoms with van der Waals surface area (Å²) < 4.78 is 37.3. The van der Waals surface area contributed by atoms with E-state index < -0.39 is 17.8 Å². The Kier molecular flexibility index (Phi) is 8.20. The van der Waals surface area contributed by atoms with E-state index in [4.69, 9.17) is 5.73 Å². The highest BCUT2D eigenvalue weighted by Gasteiger charge is 2.28. The van der Waals surface area contributed by atoms with E-state index in [2.05, 4.69) is 10.3 Å². The molecule has 4 nitrogen and oxygen atoms in total. The number of carbonyl (C=O) groups excluding carboxylic acids is 1. The van der Waals surface area contributed by atoms with E-state index in [1.807, 2.05) is 0 Å². The molecule has 0 aliphatic carbocycles. The Hall–Kier alpha value is -1.29. The molecule has 3 N–H and O–H groups in total. The number of aromatic nitrogens is 1. The molecule has 0 radical (unpaired) electrons. The molecule has 0 spiro atoms. The molecule has 2 rings (SSSR count). The van der Waals surface area contributed by atoms with Crippen LogP contribution in [-0.2, 0) is 6.42 Å². The minimum Gasteiger partial charge on any atom is -0.330 e. The lowest BCUT2D eigenvalue weighted by Gasteiger charge is -2.12. The van der Waals surface area contributed by atoms with Gasteiger partial charge in [0.15, 0.2) is 0 Å².